The third kappa shape index (κ3) is 5.68. The van der Waals surface area contributed by atoms with Crippen LogP contribution in [0.2, 0.25) is 0 Å². The summed E-state index contributed by atoms with van der Waals surface area (Å²) in [4.78, 5) is 17.5. The molecule has 0 aliphatic carbocycles. The number of rotatable bonds is 6. The van der Waals surface area contributed by atoms with Crippen molar-refractivity contribution in [1.82, 2.24) is 15.0 Å². The lowest BCUT2D eigenvalue weighted by molar-refractivity contribution is -0.659. The van der Waals surface area contributed by atoms with E-state index in [9.17, 15) is 0 Å². The molecule has 0 atom stereocenters. The van der Waals surface area contributed by atoms with Crippen LogP contribution < -0.4 is 4.57 Å². The van der Waals surface area contributed by atoms with Crippen molar-refractivity contribution in [2.45, 2.75) is 104 Å². The Kier molecular flexibility index (Phi) is 8.14. The molecule has 2 aromatic heterocycles. The molecule has 0 fully saturated rings. The number of fused-ring (bicyclic) bond motifs is 5. The minimum absolute atomic E-state index is 0.154. The number of hydrogen-bond donors (Lipinski definition) is 0. The van der Waals surface area contributed by atoms with Gasteiger partial charge in [-0.15, -0.1) is 0 Å². The van der Waals surface area contributed by atoms with Gasteiger partial charge in [0, 0.05) is 38.6 Å². The molecule has 246 valence electrons. The zero-order chi connectivity index (χ0) is 34.2. The maximum absolute atomic E-state index is 4.95. The summed E-state index contributed by atoms with van der Waals surface area (Å²) in [6.45, 7) is 22.7. The van der Waals surface area contributed by atoms with E-state index in [2.05, 4.69) is 136 Å². The summed E-state index contributed by atoms with van der Waals surface area (Å²) in [5.41, 5.74) is 8.19. The number of pyridine rings is 1. The van der Waals surface area contributed by atoms with Crippen LogP contribution in [0.3, 0.4) is 0 Å². The van der Waals surface area contributed by atoms with Gasteiger partial charge in [0.15, 0.2) is 12.0 Å². The van der Waals surface area contributed by atoms with Crippen LogP contribution in [0, 0.1) is 18.3 Å². The van der Waals surface area contributed by atoms with Crippen molar-refractivity contribution in [2.24, 2.45) is 18.4 Å². The molecule has 0 N–H and O–H groups in total. The summed E-state index contributed by atoms with van der Waals surface area (Å²) in [7, 11) is 2.22. The van der Waals surface area contributed by atoms with Crippen LogP contribution in [0.5, 0.6) is 0 Å². The highest BCUT2D eigenvalue weighted by molar-refractivity contribution is 8.00. The van der Waals surface area contributed by atoms with Crippen LogP contribution in [-0.2, 0) is 19.9 Å². The Balaban J connectivity index is 1.52. The van der Waals surface area contributed by atoms with Gasteiger partial charge in [-0.05, 0) is 81.5 Å². The first-order valence-electron chi connectivity index (χ1n) is 17.6. The summed E-state index contributed by atoms with van der Waals surface area (Å²) >= 11 is 1.97. The van der Waals surface area contributed by atoms with E-state index in [1.807, 2.05) is 11.8 Å². The molecule has 0 amide bonds. The van der Waals surface area contributed by atoms with Crippen LogP contribution in [0.4, 0.5) is 0 Å². The van der Waals surface area contributed by atoms with Crippen molar-refractivity contribution in [3.63, 3.8) is 0 Å². The fourth-order valence-electron chi connectivity index (χ4n) is 7.38. The van der Waals surface area contributed by atoms with Crippen LogP contribution in [0.25, 0.3) is 55.0 Å². The Bertz CT molecular complexity index is 2230. The highest BCUT2D eigenvalue weighted by Gasteiger charge is 2.33. The lowest BCUT2D eigenvalue weighted by atomic mass is 9.82. The van der Waals surface area contributed by atoms with Gasteiger partial charge in [0.2, 0.25) is 5.69 Å². The predicted molar refractivity (Wildman–Crippen MR) is 203 cm³/mol. The van der Waals surface area contributed by atoms with E-state index in [0.717, 1.165) is 35.9 Å². The maximum atomic E-state index is 4.95. The molecule has 3 heterocycles. The van der Waals surface area contributed by atoms with E-state index in [0.29, 0.717) is 5.92 Å². The van der Waals surface area contributed by atoms with Gasteiger partial charge in [0.25, 0.3) is 0 Å². The standard InChI is InChI=1S/C43H49N4S/c1-23(2)18-27-12-15-30-32(19-27)26(7)36-38-37-31(16-17-47(38)11)33-20-29(42-45-40(24(3)4)44-41(46-42)25(5)6)14-13-28(33)21-35(37)48-39(36)34(30)22-43(8,9)10/h12-17,19-21,23-25H,18,22H2,1-11H3/q+1. The van der Waals surface area contributed by atoms with Gasteiger partial charge in [-0.3, -0.25) is 0 Å². The summed E-state index contributed by atoms with van der Waals surface area (Å²) in [6, 6.07) is 18.7. The van der Waals surface area contributed by atoms with Gasteiger partial charge in [0.05, 0.1) is 10.9 Å². The van der Waals surface area contributed by atoms with Crippen LogP contribution in [0.15, 0.2) is 64.5 Å². The number of aryl methyl sites for hydroxylation is 2. The average molecular weight is 654 g/mol. The molecule has 0 spiro atoms. The summed E-state index contributed by atoms with van der Waals surface area (Å²) < 4.78 is 2.35. The molecule has 0 radical (unpaired) electrons. The fourth-order valence-corrected chi connectivity index (χ4v) is 8.75. The molecule has 7 rings (SSSR count). The second-order valence-corrected chi connectivity index (χ2v) is 17.2. The molecule has 1 aliphatic rings. The summed E-state index contributed by atoms with van der Waals surface area (Å²) in [6.07, 6.45) is 4.37. The first-order valence-corrected chi connectivity index (χ1v) is 18.4. The molecular formula is C43H49N4S+. The Hall–Kier alpha value is -3.83. The minimum Gasteiger partial charge on any atom is -0.217 e. The molecule has 0 saturated carbocycles. The molecule has 4 aromatic carbocycles. The second-order valence-electron chi connectivity index (χ2n) is 16.2. The third-order valence-corrected chi connectivity index (χ3v) is 10.8. The molecule has 1 aliphatic heterocycles. The zero-order valence-corrected chi connectivity index (χ0v) is 31.4. The molecule has 0 bridgehead atoms. The Morgan fingerprint density at radius 2 is 1.48 bits per heavy atom. The fraction of sp³-hybridized carbons (Fsp3) is 0.395. The quantitative estimate of drug-likeness (QED) is 0.132. The smallest absolute Gasteiger partial charge is 0.217 e. The Labute approximate surface area is 290 Å². The molecular weight excluding hydrogens is 605 g/mol. The average Bonchev–Trinajstić information content (AvgIpc) is 3.02. The van der Waals surface area contributed by atoms with Crippen molar-refractivity contribution >= 4 is 44.1 Å². The maximum Gasteiger partial charge on any atom is 0.222 e. The SMILES string of the molecule is Cc1c2c(c(CC(C)(C)C)c3ccc(CC(C)C)cc13)Sc1cc3ccc(-c4nc(C(C)C)nc(C(C)C)n4)cc3c3cc[n+](C)c-2c13. The highest BCUT2D eigenvalue weighted by Crippen LogP contribution is 2.53. The number of benzene rings is 4. The normalized spacial score (nSPS) is 13.1. The molecule has 5 heteroatoms. The lowest BCUT2D eigenvalue weighted by Gasteiger charge is -2.28. The predicted octanol–water partition coefficient (Wildman–Crippen LogP) is 11.3. The highest BCUT2D eigenvalue weighted by atomic mass is 32.2. The summed E-state index contributed by atoms with van der Waals surface area (Å²) in [5.74, 6) is 3.55. The van der Waals surface area contributed by atoms with E-state index >= 15 is 0 Å². The van der Waals surface area contributed by atoms with Gasteiger partial charge in [-0.1, -0.05) is 104 Å². The Morgan fingerprint density at radius 1 is 0.771 bits per heavy atom. The van der Waals surface area contributed by atoms with E-state index in [4.69, 9.17) is 15.0 Å². The molecule has 6 aromatic rings. The monoisotopic (exact) mass is 653 g/mol. The second kappa shape index (κ2) is 11.9. The van der Waals surface area contributed by atoms with Crippen LogP contribution in [0.1, 0.15) is 102 Å². The lowest BCUT2D eigenvalue weighted by Crippen LogP contribution is -2.32. The number of aromatic nitrogens is 4. The van der Waals surface area contributed by atoms with Gasteiger partial charge in [-0.25, -0.2) is 19.5 Å². The van der Waals surface area contributed by atoms with Crippen molar-refractivity contribution in [2.75, 3.05) is 0 Å². The van der Waals surface area contributed by atoms with Crippen molar-refractivity contribution in [3.8, 4) is 22.6 Å². The largest absolute Gasteiger partial charge is 0.222 e. The molecule has 0 saturated heterocycles. The van der Waals surface area contributed by atoms with Crippen LogP contribution in [-0.4, -0.2) is 15.0 Å². The van der Waals surface area contributed by atoms with E-state index in [1.165, 1.54) is 70.1 Å². The van der Waals surface area contributed by atoms with E-state index in [-0.39, 0.29) is 17.3 Å². The number of nitrogens with zero attached hydrogens (tertiary/aromatic N) is 4. The number of hydrogen-bond acceptors (Lipinski definition) is 4. The van der Waals surface area contributed by atoms with E-state index in [1.54, 1.807) is 0 Å². The topological polar surface area (TPSA) is 42.6 Å². The Morgan fingerprint density at radius 3 is 2.12 bits per heavy atom. The van der Waals surface area contributed by atoms with Crippen molar-refractivity contribution in [3.05, 3.63) is 83.1 Å². The van der Waals surface area contributed by atoms with Gasteiger partial charge in [-0.2, -0.15) is 0 Å². The first kappa shape index (κ1) is 32.7. The molecule has 0 unspecified atom stereocenters. The minimum atomic E-state index is 0.154. The summed E-state index contributed by atoms with van der Waals surface area (Å²) in [5, 5.41) is 7.90. The third-order valence-electron chi connectivity index (χ3n) is 9.65. The van der Waals surface area contributed by atoms with Crippen molar-refractivity contribution < 1.29 is 4.57 Å². The van der Waals surface area contributed by atoms with Gasteiger partial charge >= 0.3 is 0 Å². The van der Waals surface area contributed by atoms with Gasteiger partial charge < -0.3 is 0 Å². The van der Waals surface area contributed by atoms with Crippen molar-refractivity contribution in [1.29, 1.82) is 0 Å². The van der Waals surface area contributed by atoms with Crippen LogP contribution >= 0.6 is 11.8 Å². The first-order chi connectivity index (χ1) is 22.7. The molecule has 4 nitrogen and oxygen atoms in total. The van der Waals surface area contributed by atoms with E-state index < -0.39 is 0 Å². The van der Waals surface area contributed by atoms with Gasteiger partial charge in [0.1, 0.15) is 18.7 Å². The molecule has 48 heavy (non-hydrogen) atoms. The zero-order valence-electron chi connectivity index (χ0n) is 30.5.